The predicted octanol–water partition coefficient (Wildman–Crippen LogP) is 3.76. The molecular formula is C19H17FN2O2. The second-order valence-electron chi connectivity index (χ2n) is 5.46. The van der Waals surface area contributed by atoms with Crippen molar-refractivity contribution in [1.29, 1.82) is 0 Å². The summed E-state index contributed by atoms with van der Waals surface area (Å²) in [6.07, 6.45) is 0.739. The van der Waals surface area contributed by atoms with Crippen LogP contribution in [0, 0.1) is 12.7 Å². The zero-order chi connectivity index (χ0) is 16.9. The van der Waals surface area contributed by atoms with Gasteiger partial charge in [-0.15, -0.1) is 0 Å². The largest absolute Gasteiger partial charge is 0.360 e. The van der Waals surface area contributed by atoms with Crippen LogP contribution in [0.2, 0.25) is 0 Å². The van der Waals surface area contributed by atoms with Crippen LogP contribution in [0.15, 0.2) is 59.1 Å². The number of hydrogen-bond donors (Lipinski definition) is 1. The summed E-state index contributed by atoms with van der Waals surface area (Å²) in [6, 6.07) is 15.7. The van der Waals surface area contributed by atoms with E-state index in [1.807, 2.05) is 30.3 Å². The van der Waals surface area contributed by atoms with Crippen molar-refractivity contribution in [3.8, 4) is 11.3 Å². The van der Waals surface area contributed by atoms with E-state index in [0.29, 0.717) is 29.1 Å². The van der Waals surface area contributed by atoms with Crippen LogP contribution in [-0.2, 0) is 6.42 Å². The SMILES string of the molecule is Cc1onc(-c2ccc(F)cc2)c1C(=O)NCCc1ccccc1. The van der Waals surface area contributed by atoms with Crippen molar-refractivity contribution in [2.24, 2.45) is 0 Å². The first-order valence-electron chi connectivity index (χ1n) is 7.69. The molecule has 0 spiro atoms. The first-order valence-corrected chi connectivity index (χ1v) is 7.69. The molecule has 3 rings (SSSR count). The summed E-state index contributed by atoms with van der Waals surface area (Å²) >= 11 is 0. The number of nitrogens with one attached hydrogen (secondary N) is 1. The lowest BCUT2D eigenvalue weighted by Crippen LogP contribution is -2.26. The van der Waals surface area contributed by atoms with Gasteiger partial charge in [-0.25, -0.2) is 4.39 Å². The maximum atomic E-state index is 13.1. The van der Waals surface area contributed by atoms with E-state index >= 15 is 0 Å². The average Bonchev–Trinajstić information content (AvgIpc) is 2.98. The third-order valence-corrected chi connectivity index (χ3v) is 3.75. The molecule has 2 aromatic carbocycles. The van der Waals surface area contributed by atoms with Crippen LogP contribution in [0.1, 0.15) is 21.7 Å². The van der Waals surface area contributed by atoms with E-state index in [0.717, 1.165) is 12.0 Å². The summed E-state index contributed by atoms with van der Waals surface area (Å²) in [5, 5.41) is 6.83. The lowest BCUT2D eigenvalue weighted by Gasteiger charge is -2.06. The Morgan fingerprint density at radius 3 is 2.54 bits per heavy atom. The Hall–Kier alpha value is -2.95. The zero-order valence-corrected chi connectivity index (χ0v) is 13.3. The minimum absolute atomic E-state index is 0.246. The maximum absolute atomic E-state index is 13.1. The first-order chi connectivity index (χ1) is 11.6. The van der Waals surface area contributed by atoms with E-state index < -0.39 is 0 Å². The summed E-state index contributed by atoms with van der Waals surface area (Å²) in [4.78, 5) is 12.5. The molecule has 0 atom stereocenters. The molecule has 4 nitrogen and oxygen atoms in total. The highest BCUT2D eigenvalue weighted by Crippen LogP contribution is 2.25. The van der Waals surface area contributed by atoms with Crippen molar-refractivity contribution >= 4 is 5.91 Å². The molecule has 0 unspecified atom stereocenters. The smallest absolute Gasteiger partial charge is 0.257 e. The van der Waals surface area contributed by atoms with E-state index in [1.165, 1.54) is 12.1 Å². The highest BCUT2D eigenvalue weighted by molar-refractivity contribution is 6.00. The van der Waals surface area contributed by atoms with Gasteiger partial charge in [-0.05, 0) is 43.2 Å². The molecule has 0 bridgehead atoms. The van der Waals surface area contributed by atoms with Crippen LogP contribution in [0.3, 0.4) is 0 Å². The van der Waals surface area contributed by atoms with Gasteiger partial charge in [0, 0.05) is 12.1 Å². The Bertz CT molecular complexity index is 826. The monoisotopic (exact) mass is 324 g/mol. The minimum atomic E-state index is -0.340. The lowest BCUT2D eigenvalue weighted by molar-refractivity contribution is 0.0953. The molecule has 122 valence electrons. The minimum Gasteiger partial charge on any atom is -0.360 e. The third kappa shape index (κ3) is 3.51. The van der Waals surface area contributed by atoms with Crippen LogP contribution < -0.4 is 5.32 Å². The van der Waals surface area contributed by atoms with Gasteiger partial charge < -0.3 is 9.84 Å². The molecule has 0 aliphatic heterocycles. The molecule has 0 saturated heterocycles. The van der Waals surface area contributed by atoms with Gasteiger partial charge in [0.25, 0.3) is 5.91 Å². The number of halogens is 1. The van der Waals surface area contributed by atoms with Gasteiger partial charge in [0.2, 0.25) is 0 Å². The number of hydrogen-bond acceptors (Lipinski definition) is 3. The maximum Gasteiger partial charge on any atom is 0.257 e. The third-order valence-electron chi connectivity index (χ3n) is 3.75. The van der Waals surface area contributed by atoms with Gasteiger partial charge in [-0.2, -0.15) is 0 Å². The van der Waals surface area contributed by atoms with Crippen LogP contribution in [0.25, 0.3) is 11.3 Å². The molecule has 1 heterocycles. The highest BCUT2D eigenvalue weighted by atomic mass is 19.1. The second-order valence-corrected chi connectivity index (χ2v) is 5.46. The molecule has 1 N–H and O–H groups in total. The number of carbonyl (C=O) groups excluding carboxylic acids is 1. The number of amides is 1. The van der Waals surface area contributed by atoms with Crippen molar-refractivity contribution < 1.29 is 13.7 Å². The van der Waals surface area contributed by atoms with E-state index in [1.54, 1.807) is 19.1 Å². The summed E-state index contributed by atoms with van der Waals surface area (Å²) in [7, 11) is 0. The Morgan fingerprint density at radius 2 is 1.83 bits per heavy atom. The van der Waals surface area contributed by atoms with E-state index in [9.17, 15) is 9.18 Å². The average molecular weight is 324 g/mol. The van der Waals surface area contributed by atoms with Gasteiger partial charge >= 0.3 is 0 Å². The Balaban J connectivity index is 1.73. The molecule has 1 aromatic heterocycles. The number of aryl methyl sites for hydroxylation is 1. The fourth-order valence-electron chi connectivity index (χ4n) is 2.50. The number of rotatable bonds is 5. The molecule has 3 aromatic rings. The first kappa shape index (κ1) is 15.9. The summed E-state index contributed by atoms with van der Waals surface area (Å²) in [5.41, 5.74) is 2.60. The second kappa shape index (κ2) is 7.08. The number of nitrogens with zero attached hydrogens (tertiary/aromatic N) is 1. The molecule has 1 amide bonds. The molecule has 0 saturated carbocycles. The van der Waals surface area contributed by atoms with E-state index in [4.69, 9.17) is 4.52 Å². The van der Waals surface area contributed by atoms with Crippen molar-refractivity contribution in [2.45, 2.75) is 13.3 Å². The molecule has 5 heteroatoms. The number of benzene rings is 2. The van der Waals surface area contributed by atoms with E-state index in [2.05, 4.69) is 10.5 Å². The Morgan fingerprint density at radius 1 is 1.12 bits per heavy atom. The van der Waals surface area contributed by atoms with Crippen molar-refractivity contribution in [3.05, 3.63) is 77.3 Å². The quantitative estimate of drug-likeness (QED) is 0.777. The number of carbonyl (C=O) groups is 1. The molecule has 0 fully saturated rings. The summed E-state index contributed by atoms with van der Waals surface area (Å²) < 4.78 is 18.2. The fourth-order valence-corrected chi connectivity index (χ4v) is 2.50. The summed E-state index contributed by atoms with van der Waals surface area (Å²) in [6.45, 7) is 2.20. The Labute approximate surface area is 139 Å². The topological polar surface area (TPSA) is 55.1 Å². The molecule has 24 heavy (non-hydrogen) atoms. The summed E-state index contributed by atoms with van der Waals surface area (Å²) in [5.74, 6) is -0.150. The van der Waals surface area contributed by atoms with Gasteiger partial charge in [0.15, 0.2) is 0 Å². The van der Waals surface area contributed by atoms with Gasteiger partial charge in [0.05, 0.1) is 0 Å². The van der Waals surface area contributed by atoms with E-state index in [-0.39, 0.29) is 11.7 Å². The van der Waals surface area contributed by atoms with Gasteiger partial charge in [-0.3, -0.25) is 4.79 Å². The van der Waals surface area contributed by atoms with Gasteiger partial charge in [-0.1, -0.05) is 35.5 Å². The van der Waals surface area contributed by atoms with Gasteiger partial charge in [0.1, 0.15) is 22.8 Å². The normalized spacial score (nSPS) is 10.6. The zero-order valence-electron chi connectivity index (χ0n) is 13.3. The standard InChI is InChI=1S/C19H17FN2O2/c1-13-17(18(22-24-13)15-7-9-16(20)10-8-15)19(23)21-12-11-14-5-3-2-4-6-14/h2-10H,11-12H2,1H3,(H,21,23). The number of aromatic nitrogens is 1. The van der Waals surface area contributed by atoms with Crippen LogP contribution in [-0.4, -0.2) is 17.6 Å². The highest BCUT2D eigenvalue weighted by Gasteiger charge is 2.21. The predicted molar refractivity (Wildman–Crippen MR) is 89.1 cm³/mol. The van der Waals surface area contributed by atoms with Crippen LogP contribution >= 0.6 is 0 Å². The molecule has 0 radical (unpaired) electrons. The van der Waals surface area contributed by atoms with Crippen molar-refractivity contribution in [1.82, 2.24) is 10.5 Å². The van der Waals surface area contributed by atoms with Crippen molar-refractivity contribution in [3.63, 3.8) is 0 Å². The fraction of sp³-hybridized carbons (Fsp3) is 0.158. The Kier molecular flexibility index (Phi) is 4.70. The van der Waals surface area contributed by atoms with Crippen LogP contribution in [0.4, 0.5) is 4.39 Å². The molecular weight excluding hydrogens is 307 g/mol. The molecule has 0 aliphatic rings. The van der Waals surface area contributed by atoms with Crippen LogP contribution in [0.5, 0.6) is 0 Å². The molecule has 0 aliphatic carbocycles. The van der Waals surface area contributed by atoms with Crippen molar-refractivity contribution in [2.75, 3.05) is 6.54 Å². The lowest BCUT2D eigenvalue weighted by atomic mass is 10.1.